The minimum Gasteiger partial charge on any atom is -0.330 e. The fourth-order valence-electron chi connectivity index (χ4n) is 2.71. The SMILES string of the molecule is Cl.NCCCCCCC(=O)Nc1ccccc1N1CCCC1=O. The van der Waals surface area contributed by atoms with E-state index in [1.54, 1.807) is 4.90 Å². The van der Waals surface area contributed by atoms with Crippen LogP contribution in [0.25, 0.3) is 0 Å². The summed E-state index contributed by atoms with van der Waals surface area (Å²) in [5.74, 6) is 0.135. The molecule has 6 heteroatoms. The van der Waals surface area contributed by atoms with Gasteiger partial charge in [0.15, 0.2) is 0 Å². The number of halogens is 1. The molecule has 1 saturated heterocycles. The number of para-hydroxylation sites is 2. The molecule has 5 nitrogen and oxygen atoms in total. The maximum atomic E-state index is 12.1. The van der Waals surface area contributed by atoms with Crippen LogP contribution in [0.15, 0.2) is 24.3 Å². The van der Waals surface area contributed by atoms with Gasteiger partial charge in [0.2, 0.25) is 11.8 Å². The van der Waals surface area contributed by atoms with Crippen LogP contribution in [0.1, 0.15) is 44.9 Å². The van der Waals surface area contributed by atoms with E-state index in [1.165, 1.54) is 0 Å². The summed E-state index contributed by atoms with van der Waals surface area (Å²) in [5.41, 5.74) is 6.98. The smallest absolute Gasteiger partial charge is 0.227 e. The maximum absolute atomic E-state index is 12.1. The second kappa shape index (κ2) is 10.2. The third-order valence-electron chi connectivity index (χ3n) is 3.90. The Balaban J connectivity index is 0.00000264. The Kier molecular flexibility index (Phi) is 8.66. The van der Waals surface area contributed by atoms with Crippen molar-refractivity contribution >= 4 is 35.6 Å². The van der Waals surface area contributed by atoms with Gasteiger partial charge >= 0.3 is 0 Å². The first-order chi connectivity index (χ1) is 10.7. The fraction of sp³-hybridized carbons (Fsp3) is 0.529. The van der Waals surface area contributed by atoms with Crippen molar-refractivity contribution in [1.82, 2.24) is 0 Å². The maximum Gasteiger partial charge on any atom is 0.227 e. The first kappa shape index (κ1) is 19.5. The largest absolute Gasteiger partial charge is 0.330 e. The topological polar surface area (TPSA) is 75.4 Å². The fourth-order valence-corrected chi connectivity index (χ4v) is 2.71. The molecular weight excluding hydrogens is 314 g/mol. The third kappa shape index (κ3) is 5.84. The molecule has 1 aromatic rings. The number of nitrogens with two attached hydrogens (primary N) is 1. The van der Waals surface area contributed by atoms with Crippen molar-refractivity contribution in [3.8, 4) is 0 Å². The van der Waals surface area contributed by atoms with E-state index in [9.17, 15) is 9.59 Å². The summed E-state index contributed by atoms with van der Waals surface area (Å²) >= 11 is 0. The molecule has 3 N–H and O–H groups in total. The lowest BCUT2D eigenvalue weighted by Gasteiger charge is -2.20. The molecule has 0 saturated carbocycles. The molecule has 2 amide bonds. The molecule has 1 aliphatic heterocycles. The second-order valence-electron chi connectivity index (χ2n) is 5.67. The van der Waals surface area contributed by atoms with Crippen molar-refractivity contribution in [2.75, 3.05) is 23.3 Å². The van der Waals surface area contributed by atoms with Crippen LogP contribution in [0, 0.1) is 0 Å². The zero-order valence-electron chi connectivity index (χ0n) is 13.4. The van der Waals surface area contributed by atoms with E-state index in [2.05, 4.69) is 5.32 Å². The van der Waals surface area contributed by atoms with Crippen LogP contribution in [-0.2, 0) is 9.59 Å². The molecule has 2 rings (SSSR count). The highest BCUT2D eigenvalue weighted by atomic mass is 35.5. The Labute approximate surface area is 144 Å². The zero-order chi connectivity index (χ0) is 15.8. The summed E-state index contributed by atoms with van der Waals surface area (Å²) in [6.07, 6.45) is 5.95. The molecule has 0 unspecified atom stereocenters. The van der Waals surface area contributed by atoms with E-state index < -0.39 is 0 Å². The number of unbranched alkanes of at least 4 members (excludes halogenated alkanes) is 3. The Morgan fingerprint density at radius 1 is 1.17 bits per heavy atom. The number of hydrogen-bond donors (Lipinski definition) is 2. The average molecular weight is 340 g/mol. The number of hydrogen-bond acceptors (Lipinski definition) is 3. The molecule has 0 aliphatic carbocycles. The van der Waals surface area contributed by atoms with Crippen LogP contribution in [-0.4, -0.2) is 24.9 Å². The second-order valence-corrected chi connectivity index (χ2v) is 5.67. The van der Waals surface area contributed by atoms with Crippen molar-refractivity contribution in [1.29, 1.82) is 0 Å². The molecule has 0 spiro atoms. The van der Waals surface area contributed by atoms with Gasteiger partial charge < -0.3 is 16.0 Å². The molecule has 1 heterocycles. The van der Waals surface area contributed by atoms with E-state index in [1.807, 2.05) is 24.3 Å². The molecule has 128 valence electrons. The molecule has 0 radical (unpaired) electrons. The number of carbonyl (C=O) groups excluding carboxylic acids is 2. The van der Waals surface area contributed by atoms with Gasteiger partial charge in [-0.2, -0.15) is 0 Å². The van der Waals surface area contributed by atoms with Crippen LogP contribution in [0.4, 0.5) is 11.4 Å². The molecule has 23 heavy (non-hydrogen) atoms. The van der Waals surface area contributed by atoms with Crippen molar-refractivity contribution in [3.63, 3.8) is 0 Å². The molecule has 1 fully saturated rings. The minimum absolute atomic E-state index is 0. The highest BCUT2D eigenvalue weighted by Crippen LogP contribution is 2.29. The predicted octanol–water partition coefficient (Wildman–Crippen LogP) is 3.08. The van der Waals surface area contributed by atoms with E-state index in [-0.39, 0.29) is 24.2 Å². The van der Waals surface area contributed by atoms with Gasteiger partial charge in [-0.15, -0.1) is 12.4 Å². The van der Waals surface area contributed by atoms with Crippen LogP contribution < -0.4 is 16.0 Å². The standard InChI is InChI=1S/C17H25N3O2.ClH/c18-12-6-2-1-3-10-16(21)19-14-8-4-5-9-15(14)20-13-7-11-17(20)22;/h4-5,8-9H,1-3,6-7,10-13,18H2,(H,19,21);1H. The summed E-state index contributed by atoms with van der Waals surface area (Å²) in [6, 6.07) is 7.51. The van der Waals surface area contributed by atoms with Gasteiger partial charge in [-0.3, -0.25) is 9.59 Å². The van der Waals surface area contributed by atoms with E-state index in [4.69, 9.17) is 5.73 Å². The number of anilines is 2. The van der Waals surface area contributed by atoms with Crippen LogP contribution in [0.3, 0.4) is 0 Å². The van der Waals surface area contributed by atoms with Gasteiger partial charge in [0.1, 0.15) is 0 Å². The lowest BCUT2D eigenvalue weighted by atomic mass is 10.1. The molecule has 0 aromatic heterocycles. The average Bonchev–Trinajstić information content (AvgIpc) is 2.93. The molecular formula is C17H26ClN3O2. The zero-order valence-corrected chi connectivity index (χ0v) is 14.2. The molecule has 1 aliphatic rings. The Morgan fingerprint density at radius 2 is 1.91 bits per heavy atom. The predicted molar refractivity (Wildman–Crippen MR) is 96.0 cm³/mol. The van der Waals surface area contributed by atoms with E-state index in [0.717, 1.165) is 50.0 Å². The Bertz CT molecular complexity index is 522. The van der Waals surface area contributed by atoms with Crippen molar-refractivity contribution in [2.45, 2.75) is 44.9 Å². The molecule has 0 atom stereocenters. The number of benzene rings is 1. The van der Waals surface area contributed by atoms with Gasteiger partial charge in [0.25, 0.3) is 0 Å². The van der Waals surface area contributed by atoms with E-state index >= 15 is 0 Å². The van der Waals surface area contributed by atoms with Crippen molar-refractivity contribution in [2.24, 2.45) is 5.73 Å². The molecule has 1 aromatic carbocycles. The number of carbonyl (C=O) groups is 2. The van der Waals surface area contributed by atoms with Crippen molar-refractivity contribution in [3.05, 3.63) is 24.3 Å². The monoisotopic (exact) mass is 339 g/mol. The Hall–Kier alpha value is -1.59. The van der Waals surface area contributed by atoms with Gasteiger partial charge in [0.05, 0.1) is 11.4 Å². The van der Waals surface area contributed by atoms with Crippen LogP contribution in [0.5, 0.6) is 0 Å². The van der Waals surface area contributed by atoms with E-state index in [0.29, 0.717) is 19.4 Å². The number of nitrogens with zero attached hydrogens (tertiary/aromatic N) is 1. The van der Waals surface area contributed by atoms with Crippen LogP contribution in [0.2, 0.25) is 0 Å². The van der Waals surface area contributed by atoms with Crippen molar-refractivity contribution < 1.29 is 9.59 Å². The van der Waals surface area contributed by atoms with Gasteiger partial charge in [-0.1, -0.05) is 25.0 Å². The van der Waals surface area contributed by atoms with Gasteiger partial charge in [0, 0.05) is 19.4 Å². The first-order valence-electron chi connectivity index (χ1n) is 8.11. The summed E-state index contributed by atoms with van der Waals surface area (Å²) in [6.45, 7) is 1.44. The van der Waals surface area contributed by atoms with Crippen LogP contribution >= 0.6 is 12.4 Å². The summed E-state index contributed by atoms with van der Waals surface area (Å²) < 4.78 is 0. The lowest BCUT2D eigenvalue weighted by Crippen LogP contribution is -2.25. The Morgan fingerprint density at radius 3 is 2.61 bits per heavy atom. The number of amides is 2. The first-order valence-corrected chi connectivity index (χ1v) is 8.11. The van der Waals surface area contributed by atoms with Gasteiger partial charge in [-0.05, 0) is 37.9 Å². The quantitative estimate of drug-likeness (QED) is 0.715. The summed E-state index contributed by atoms with van der Waals surface area (Å²) in [4.78, 5) is 25.7. The minimum atomic E-state index is 0. The highest BCUT2D eigenvalue weighted by Gasteiger charge is 2.23. The lowest BCUT2D eigenvalue weighted by molar-refractivity contribution is -0.117. The highest BCUT2D eigenvalue weighted by molar-refractivity contribution is 6.02. The normalized spacial score (nSPS) is 13.8. The molecule has 0 bridgehead atoms. The summed E-state index contributed by atoms with van der Waals surface area (Å²) in [5, 5.41) is 2.94. The third-order valence-corrected chi connectivity index (χ3v) is 3.90. The van der Waals surface area contributed by atoms with Gasteiger partial charge in [-0.25, -0.2) is 0 Å². The number of rotatable bonds is 8. The number of nitrogens with one attached hydrogen (secondary N) is 1. The summed E-state index contributed by atoms with van der Waals surface area (Å²) in [7, 11) is 0.